The maximum Gasteiger partial charge on any atom is 0.146 e. The smallest absolute Gasteiger partial charge is 0.146 e. The van der Waals surface area contributed by atoms with E-state index in [4.69, 9.17) is 0 Å². The van der Waals surface area contributed by atoms with Gasteiger partial charge >= 0.3 is 0 Å². The molecule has 0 amide bonds. The number of aldehydes is 1. The number of ketones is 1. The second-order valence-corrected chi connectivity index (χ2v) is 11.2. The van der Waals surface area contributed by atoms with Gasteiger partial charge in [-0.15, -0.1) is 6.58 Å². The van der Waals surface area contributed by atoms with E-state index >= 15 is 0 Å². The third-order valence-corrected chi connectivity index (χ3v) is 6.31. The van der Waals surface area contributed by atoms with Crippen molar-refractivity contribution in [2.45, 2.75) is 50.9 Å². The van der Waals surface area contributed by atoms with Crippen LogP contribution in [0.25, 0.3) is 0 Å². The molecule has 1 fully saturated rings. The van der Waals surface area contributed by atoms with Gasteiger partial charge in [0.25, 0.3) is 0 Å². The third-order valence-electron chi connectivity index (χ3n) is 3.70. The Morgan fingerprint density at radius 3 is 2.38 bits per heavy atom. The van der Waals surface area contributed by atoms with Crippen molar-refractivity contribution in [2.75, 3.05) is 0 Å². The van der Waals surface area contributed by atoms with Crippen LogP contribution >= 0.6 is 0 Å². The fourth-order valence-electron chi connectivity index (χ4n) is 2.94. The van der Waals surface area contributed by atoms with Gasteiger partial charge in [0.2, 0.25) is 0 Å². The van der Waals surface area contributed by atoms with Gasteiger partial charge in [-0.3, -0.25) is 4.79 Å². The molecule has 90 valence electrons. The predicted octanol–water partition coefficient (Wildman–Crippen LogP) is 3.21. The summed E-state index contributed by atoms with van der Waals surface area (Å²) in [5.41, 5.74) is -0.671. The molecule has 2 nitrogen and oxygen atoms in total. The van der Waals surface area contributed by atoms with E-state index < -0.39 is 13.5 Å². The van der Waals surface area contributed by atoms with E-state index in [-0.39, 0.29) is 11.3 Å². The number of rotatable bonds is 4. The van der Waals surface area contributed by atoms with Gasteiger partial charge in [0.05, 0.1) is 13.5 Å². The van der Waals surface area contributed by atoms with Crippen LogP contribution in [0.4, 0.5) is 0 Å². The molecule has 1 aliphatic rings. The Balaban J connectivity index is 3.15. The average Bonchev–Trinajstić information content (AvgIpc) is 2.20. The zero-order chi connectivity index (χ0) is 12.4. The number of allylic oxidation sites excluding steroid dienone is 1. The lowest BCUT2D eigenvalue weighted by molar-refractivity contribution is -0.137. The van der Waals surface area contributed by atoms with E-state index in [2.05, 4.69) is 26.2 Å². The minimum absolute atomic E-state index is 0.0744. The molecule has 1 saturated carbocycles. The highest BCUT2D eigenvalue weighted by atomic mass is 28.3. The molecule has 0 aliphatic heterocycles. The first-order valence-electron chi connectivity index (χ1n) is 6.00. The van der Waals surface area contributed by atoms with Crippen molar-refractivity contribution in [1.82, 2.24) is 0 Å². The Hall–Kier alpha value is -0.703. The van der Waals surface area contributed by atoms with Gasteiger partial charge in [-0.1, -0.05) is 32.1 Å². The number of hydrogen-bond acceptors (Lipinski definition) is 2. The van der Waals surface area contributed by atoms with Gasteiger partial charge in [-0.2, -0.15) is 0 Å². The zero-order valence-corrected chi connectivity index (χ0v) is 11.6. The molecule has 2 unspecified atom stereocenters. The maximum absolute atomic E-state index is 12.1. The number of hydrogen-bond donors (Lipinski definition) is 0. The molecule has 16 heavy (non-hydrogen) atoms. The van der Waals surface area contributed by atoms with Crippen molar-refractivity contribution in [1.29, 1.82) is 0 Å². The Labute approximate surface area is 99.1 Å². The van der Waals surface area contributed by atoms with Crippen LogP contribution < -0.4 is 0 Å². The topological polar surface area (TPSA) is 34.1 Å². The summed E-state index contributed by atoms with van der Waals surface area (Å²) in [6.45, 7) is 10.5. The van der Waals surface area contributed by atoms with Crippen LogP contribution in [0.3, 0.4) is 0 Å². The largest absolute Gasteiger partial charge is 0.302 e. The number of Topliss-reactive ketones (excluding diaryl/α,β-unsaturated/α-hetero) is 1. The molecule has 2 atom stereocenters. The molecule has 0 heterocycles. The minimum Gasteiger partial charge on any atom is -0.302 e. The van der Waals surface area contributed by atoms with Crippen molar-refractivity contribution < 1.29 is 9.59 Å². The summed E-state index contributed by atoms with van der Waals surface area (Å²) in [5.74, 6) is 0.140. The van der Waals surface area contributed by atoms with Gasteiger partial charge in [-0.05, 0) is 18.4 Å². The number of carbonyl (C=O) groups is 2. The molecule has 0 aromatic carbocycles. The summed E-state index contributed by atoms with van der Waals surface area (Å²) in [7, 11) is -1.58. The predicted molar refractivity (Wildman–Crippen MR) is 69.3 cm³/mol. The molecule has 1 aliphatic carbocycles. The third kappa shape index (κ3) is 2.19. The lowest BCUT2D eigenvalue weighted by atomic mass is 9.71. The van der Waals surface area contributed by atoms with E-state index in [0.717, 1.165) is 25.5 Å². The zero-order valence-electron chi connectivity index (χ0n) is 10.6. The van der Waals surface area contributed by atoms with E-state index in [1.54, 1.807) is 0 Å². The monoisotopic (exact) mass is 238 g/mol. The molecular weight excluding hydrogens is 216 g/mol. The first kappa shape index (κ1) is 13.4. The summed E-state index contributed by atoms with van der Waals surface area (Å²) in [6.07, 6.45) is 5.97. The molecule has 3 heteroatoms. The quantitative estimate of drug-likeness (QED) is 0.326. The summed E-state index contributed by atoms with van der Waals surface area (Å²) in [5, 5.41) is 0. The fourth-order valence-corrected chi connectivity index (χ4v) is 5.56. The molecule has 1 rings (SSSR count). The first-order chi connectivity index (χ1) is 7.38. The Morgan fingerprint density at radius 2 is 2.00 bits per heavy atom. The van der Waals surface area contributed by atoms with E-state index in [1.165, 1.54) is 0 Å². The van der Waals surface area contributed by atoms with Crippen LogP contribution in [0.2, 0.25) is 25.2 Å². The summed E-state index contributed by atoms with van der Waals surface area (Å²) >= 11 is 0. The fraction of sp³-hybridized carbons (Fsp3) is 0.692. The Morgan fingerprint density at radius 1 is 1.38 bits per heavy atom. The molecule has 0 bridgehead atoms. The van der Waals surface area contributed by atoms with Crippen LogP contribution in [0.15, 0.2) is 12.7 Å². The van der Waals surface area contributed by atoms with Crippen LogP contribution in [0, 0.1) is 5.41 Å². The van der Waals surface area contributed by atoms with Crippen molar-refractivity contribution >= 4 is 20.1 Å². The summed E-state index contributed by atoms with van der Waals surface area (Å²) in [4.78, 5) is 23.6. The van der Waals surface area contributed by atoms with Gasteiger partial charge in [0.15, 0.2) is 0 Å². The standard InChI is InChI=1S/C13H22O2Si/c1-5-12(16(2,3)4)13(10-14)9-7-6-8-11(13)15/h5,10,12H,1,6-9H2,2-4H3. The minimum atomic E-state index is -1.58. The summed E-state index contributed by atoms with van der Waals surface area (Å²) < 4.78 is 0. The first-order valence-corrected chi connectivity index (χ1v) is 9.58. The van der Waals surface area contributed by atoms with Crippen molar-refractivity contribution in [3.05, 3.63) is 12.7 Å². The molecule has 0 saturated heterocycles. The second-order valence-electron chi connectivity index (χ2n) is 5.87. The highest BCUT2D eigenvalue weighted by Crippen LogP contribution is 2.47. The van der Waals surface area contributed by atoms with Crippen molar-refractivity contribution in [3.63, 3.8) is 0 Å². The number of carbonyl (C=O) groups excluding carboxylic acids is 2. The molecule has 0 N–H and O–H groups in total. The van der Waals surface area contributed by atoms with Gasteiger partial charge < -0.3 is 4.79 Å². The SMILES string of the molecule is C=CC(C1(C=O)CCCCC1=O)[Si](C)(C)C. The normalized spacial score (nSPS) is 28.6. The van der Waals surface area contributed by atoms with Crippen LogP contribution in [0.5, 0.6) is 0 Å². The lowest BCUT2D eigenvalue weighted by Crippen LogP contribution is -2.47. The highest BCUT2D eigenvalue weighted by Gasteiger charge is 2.49. The van der Waals surface area contributed by atoms with Crippen molar-refractivity contribution in [3.8, 4) is 0 Å². The van der Waals surface area contributed by atoms with Gasteiger partial charge in [0, 0.05) is 6.42 Å². The Kier molecular flexibility index (Phi) is 3.89. The van der Waals surface area contributed by atoms with Gasteiger partial charge in [-0.25, -0.2) is 0 Å². The Bertz CT molecular complexity index is 304. The molecule has 0 aromatic heterocycles. The van der Waals surface area contributed by atoms with E-state index in [0.29, 0.717) is 6.42 Å². The highest BCUT2D eigenvalue weighted by molar-refractivity contribution is 6.78. The van der Waals surface area contributed by atoms with E-state index in [1.807, 2.05) is 6.08 Å². The van der Waals surface area contributed by atoms with Crippen LogP contribution in [-0.4, -0.2) is 20.1 Å². The molecule has 0 spiro atoms. The van der Waals surface area contributed by atoms with Gasteiger partial charge in [0.1, 0.15) is 12.1 Å². The van der Waals surface area contributed by atoms with E-state index in [9.17, 15) is 9.59 Å². The average molecular weight is 238 g/mol. The second kappa shape index (κ2) is 4.66. The lowest BCUT2D eigenvalue weighted by Gasteiger charge is -2.42. The molecule has 0 aromatic rings. The summed E-state index contributed by atoms with van der Waals surface area (Å²) in [6, 6.07) is 0. The molecule has 0 radical (unpaired) electrons. The van der Waals surface area contributed by atoms with Crippen LogP contribution in [-0.2, 0) is 9.59 Å². The molecular formula is C13H22O2Si. The maximum atomic E-state index is 12.1. The van der Waals surface area contributed by atoms with Crippen LogP contribution in [0.1, 0.15) is 25.7 Å². The van der Waals surface area contributed by atoms with Crippen molar-refractivity contribution in [2.24, 2.45) is 5.41 Å².